The summed E-state index contributed by atoms with van der Waals surface area (Å²) in [4.78, 5) is 37.6. The van der Waals surface area contributed by atoms with Crippen molar-refractivity contribution in [1.82, 2.24) is 15.1 Å². The van der Waals surface area contributed by atoms with Crippen LogP contribution in [0.4, 0.5) is 13.2 Å². The fourth-order valence-corrected chi connectivity index (χ4v) is 2.93. The molecule has 2 amide bonds. The number of benzene rings is 1. The predicted molar refractivity (Wildman–Crippen MR) is 112 cm³/mol. The number of carbonyl (C=O) groups excluding carboxylic acids is 2. The van der Waals surface area contributed by atoms with Gasteiger partial charge in [0.15, 0.2) is 0 Å². The van der Waals surface area contributed by atoms with Crippen LogP contribution in [-0.4, -0.2) is 84.7 Å². The van der Waals surface area contributed by atoms with Gasteiger partial charge in [-0.25, -0.2) is 4.79 Å². The average molecular weight is 461 g/mol. The Balaban J connectivity index is 0.000000633. The second-order valence-electron chi connectivity index (χ2n) is 6.93. The quantitative estimate of drug-likeness (QED) is 0.617. The normalized spacial score (nSPS) is 13.6. The van der Waals surface area contributed by atoms with E-state index in [1.54, 1.807) is 17.0 Å². The van der Waals surface area contributed by atoms with Crippen molar-refractivity contribution >= 4 is 17.8 Å². The van der Waals surface area contributed by atoms with Gasteiger partial charge in [0.1, 0.15) is 5.75 Å². The van der Waals surface area contributed by atoms with Gasteiger partial charge in [-0.05, 0) is 37.6 Å². The Morgan fingerprint density at radius 1 is 1.09 bits per heavy atom. The highest BCUT2D eigenvalue weighted by Gasteiger charge is 2.38. The molecule has 180 valence electrons. The molecule has 0 spiro atoms. The van der Waals surface area contributed by atoms with E-state index in [9.17, 15) is 22.8 Å². The standard InChI is InChI=1S/C19H29N3O3.C2HF3O2/c1-3-12-22(13-9-18(23)21-14-10-20-11-15-21)19(24)16-5-7-17(8-6-16)25-4-2;3-2(4,5)1(6)7/h5-8,20H,3-4,9-15H2,1-2H3;(H,6,7). The van der Waals surface area contributed by atoms with Gasteiger partial charge in [-0.1, -0.05) is 6.92 Å². The molecule has 2 rings (SSSR count). The van der Waals surface area contributed by atoms with Crippen LogP contribution in [0.25, 0.3) is 0 Å². The number of aliphatic carboxylic acids is 1. The molecule has 0 atom stereocenters. The number of piperazine rings is 1. The van der Waals surface area contributed by atoms with E-state index in [1.165, 1.54) is 0 Å². The number of carbonyl (C=O) groups is 3. The van der Waals surface area contributed by atoms with E-state index in [0.717, 1.165) is 38.3 Å². The summed E-state index contributed by atoms with van der Waals surface area (Å²) >= 11 is 0. The lowest BCUT2D eigenvalue weighted by atomic mass is 10.1. The number of nitrogens with zero attached hydrogens (tertiary/aromatic N) is 2. The average Bonchev–Trinajstić information content (AvgIpc) is 2.77. The molecule has 0 unspecified atom stereocenters. The largest absolute Gasteiger partial charge is 0.494 e. The second-order valence-corrected chi connectivity index (χ2v) is 6.93. The molecule has 1 aromatic rings. The number of hydrogen-bond donors (Lipinski definition) is 2. The zero-order valence-corrected chi connectivity index (χ0v) is 18.3. The van der Waals surface area contributed by atoms with Crippen molar-refractivity contribution in [3.8, 4) is 5.75 Å². The number of carboxylic acid groups (broad SMARTS) is 1. The number of nitrogens with one attached hydrogen (secondary N) is 1. The van der Waals surface area contributed by atoms with Gasteiger partial charge >= 0.3 is 12.1 Å². The molecule has 1 saturated heterocycles. The zero-order chi connectivity index (χ0) is 24.1. The minimum atomic E-state index is -5.08. The lowest BCUT2D eigenvalue weighted by molar-refractivity contribution is -0.192. The van der Waals surface area contributed by atoms with Crippen molar-refractivity contribution in [2.24, 2.45) is 0 Å². The Hall–Kier alpha value is -2.82. The molecule has 0 bridgehead atoms. The van der Waals surface area contributed by atoms with Gasteiger partial charge in [0.2, 0.25) is 5.91 Å². The predicted octanol–water partition coefficient (Wildman–Crippen LogP) is 2.39. The number of ether oxygens (including phenoxy) is 1. The molecule has 1 aliphatic rings. The Labute approximate surface area is 185 Å². The van der Waals surface area contributed by atoms with Crippen molar-refractivity contribution in [1.29, 1.82) is 0 Å². The van der Waals surface area contributed by atoms with E-state index in [4.69, 9.17) is 14.6 Å². The number of rotatable bonds is 8. The van der Waals surface area contributed by atoms with Gasteiger partial charge in [-0.3, -0.25) is 9.59 Å². The van der Waals surface area contributed by atoms with Gasteiger partial charge in [-0.2, -0.15) is 13.2 Å². The Kier molecular flexibility index (Phi) is 11.5. The fourth-order valence-electron chi connectivity index (χ4n) is 2.93. The van der Waals surface area contributed by atoms with Gasteiger partial charge in [0, 0.05) is 51.3 Å². The SMILES string of the molecule is CCCN(CCC(=O)N1CCNCC1)C(=O)c1ccc(OCC)cc1.O=C(O)C(F)(F)F. The van der Waals surface area contributed by atoms with E-state index in [0.29, 0.717) is 31.7 Å². The Bertz CT molecular complexity index is 735. The monoisotopic (exact) mass is 461 g/mol. The van der Waals surface area contributed by atoms with Crippen LogP contribution >= 0.6 is 0 Å². The van der Waals surface area contributed by atoms with Crippen molar-refractivity contribution in [3.05, 3.63) is 29.8 Å². The van der Waals surface area contributed by atoms with Gasteiger partial charge in [0.05, 0.1) is 6.61 Å². The summed E-state index contributed by atoms with van der Waals surface area (Å²) in [6.07, 6.45) is -3.84. The van der Waals surface area contributed by atoms with Gasteiger partial charge < -0.3 is 25.0 Å². The highest BCUT2D eigenvalue weighted by atomic mass is 19.4. The molecule has 1 fully saturated rings. The molecule has 8 nitrogen and oxygen atoms in total. The first-order chi connectivity index (χ1) is 15.1. The molecule has 1 aliphatic heterocycles. The minimum Gasteiger partial charge on any atom is -0.494 e. The maximum Gasteiger partial charge on any atom is 0.490 e. The van der Waals surface area contributed by atoms with E-state index in [2.05, 4.69) is 5.32 Å². The maximum atomic E-state index is 12.7. The summed E-state index contributed by atoms with van der Waals surface area (Å²) < 4.78 is 37.2. The molecule has 1 heterocycles. The summed E-state index contributed by atoms with van der Waals surface area (Å²) in [5.41, 5.74) is 0.631. The van der Waals surface area contributed by atoms with Gasteiger partial charge in [-0.15, -0.1) is 0 Å². The zero-order valence-electron chi connectivity index (χ0n) is 18.3. The maximum absolute atomic E-state index is 12.7. The molecule has 0 saturated carbocycles. The first kappa shape index (κ1) is 27.2. The molecule has 0 radical (unpaired) electrons. The summed E-state index contributed by atoms with van der Waals surface area (Å²) in [5, 5.41) is 10.4. The van der Waals surface area contributed by atoms with E-state index in [-0.39, 0.29) is 11.8 Å². The first-order valence-corrected chi connectivity index (χ1v) is 10.4. The van der Waals surface area contributed by atoms with E-state index in [1.807, 2.05) is 30.9 Å². The number of amides is 2. The van der Waals surface area contributed by atoms with Crippen molar-refractivity contribution in [2.45, 2.75) is 32.9 Å². The topological polar surface area (TPSA) is 99.2 Å². The first-order valence-electron chi connectivity index (χ1n) is 10.4. The van der Waals surface area contributed by atoms with E-state index >= 15 is 0 Å². The summed E-state index contributed by atoms with van der Waals surface area (Å²) in [6.45, 7) is 8.87. The van der Waals surface area contributed by atoms with Crippen LogP contribution in [0.5, 0.6) is 5.75 Å². The minimum absolute atomic E-state index is 0.0296. The van der Waals surface area contributed by atoms with E-state index < -0.39 is 12.1 Å². The van der Waals surface area contributed by atoms with Crippen molar-refractivity contribution in [2.75, 3.05) is 45.9 Å². The molecular formula is C21H30F3N3O5. The number of hydrogen-bond acceptors (Lipinski definition) is 5. The van der Waals surface area contributed by atoms with Gasteiger partial charge in [0.25, 0.3) is 5.91 Å². The number of halogens is 3. The Morgan fingerprint density at radius 3 is 2.12 bits per heavy atom. The smallest absolute Gasteiger partial charge is 0.490 e. The molecule has 2 N–H and O–H groups in total. The molecule has 0 aliphatic carbocycles. The number of carboxylic acids is 1. The lowest BCUT2D eigenvalue weighted by Gasteiger charge is -2.29. The molecular weight excluding hydrogens is 431 g/mol. The molecule has 1 aromatic carbocycles. The second kappa shape index (κ2) is 13.6. The van der Waals surface area contributed by atoms with Crippen LogP contribution in [0.1, 0.15) is 37.0 Å². The van der Waals surface area contributed by atoms with Crippen LogP contribution in [-0.2, 0) is 9.59 Å². The van der Waals surface area contributed by atoms with Crippen molar-refractivity contribution in [3.63, 3.8) is 0 Å². The molecule has 11 heteroatoms. The number of alkyl halides is 3. The molecule has 32 heavy (non-hydrogen) atoms. The summed E-state index contributed by atoms with van der Waals surface area (Å²) in [5.74, 6) is -1.90. The highest BCUT2D eigenvalue weighted by molar-refractivity contribution is 5.94. The highest BCUT2D eigenvalue weighted by Crippen LogP contribution is 2.15. The fraction of sp³-hybridized carbons (Fsp3) is 0.571. The molecule has 0 aromatic heterocycles. The summed E-state index contributed by atoms with van der Waals surface area (Å²) in [6, 6.07) is 7.20. The van der Waals surface area contributed by atoms with Crippen LogP contribution in [0.15, 0.2) is 24.3 Å². The van der Waals surface area contributed by atoms with Crippen LogP contribution < -0.4 is 10.1 Å². The van der Waals surface area contributed by atoms with Crippen LogP contribution in [0.3, 0.4) is 0 Å². The van der Waals surface area contributed by atoms with Crippen molar-refractivity contribution < 1.29 is 37.4 Å². The third kappa shape index (κ3) is 9.54. The lowest BCUT2D eigenvalue weighted by Crippen LogP contribution is -2.47. The Morgan fingerprint density at radius 2 is 1.66 bits per heavy atom. The van der Waals surface area contributed by atoms with Crippen LogP contribution in [0, 0.1) is 0 Å². The summed E-state index contributed by atoms with van der Waals surface area (Å²) in [7, 11) is 0. The third-order valence-corrected chi connectivity index (χ3v) is 4.50. The third-order valence-electron chi connectivity index (χ3n) is 4.50. The van der Waals surface area contributed by atoms with Crippen LogP contribution in [0.2, 0.25) is 0 Å².